The summed E-state index contributed by atoms with van der Waals surface area (Å²) < 4.78 is 5.81. The number of nitrogens with one attached hydrogen (secondary N) is 2. The maximum absolute atomic E-state index is 12.6. The van der Waals surface area contributed by atoms with Gasteiger partial charge in [0, 0.05) is 17.8 Å². The number of rotatable bonds is 9. The number of thiocarbonyl (C=S) groups is 1. The fraction of sp³-hybridized carbons (Fsp3) is 0.231. The molecule has 0 aliphatic carbocycles. The van der Waals surface area contributed by atoms with Crippen LogP contribution in [0.25, 0.3) is 0 Å². The highest BCUT2D eigenvalue weighted by Crippen LogP contribution is 2.16. The van der Waals surface area contributed by atoms with Crippen LogP contribution in [0.4, 0.5) is 5.69 Å². The predicted octanol–water partition coefficient (Wildman–Crippen LogP) is 5.23. The molecule has 166 valence electrons. The first-order valence-corrected chi connectivity index (χ1v) is 11.2. The van der Waals surface area contributed by atoms with Crippen LogP contribution in [0, 0.1) is 0 Å². The van der Waals surface area contributed by atoms with Crippen molar-refractivity contribution in [1.82, 2.24) is 10.2 Å². The first kappa shape index (κ1) is 23.4. The number of hydrogen-bond acceptors (Lipinski definition) is 4. The number of hydrogen-bond donors (Lipinski definition) is 2. The molecule has 0 bridgehead atoms. The van der Waals surface area contributed by atoms with Crippen LogP contribution in [0.3, 0.4) is 0 Å². The summed E-state index contributed by atoms with van der Waals surface area (Å²) in [5.74, 6) is 0.343. The van der Waals surface area contributed by atoms with Gasteiger partial charge in [0.1, 0.15) is 12.4 Å². The van der Waals surface area contributed by atoms with Crippen LogP contribution in [0.2, 0.25) is 0 Å². The first-order valence-electron chi connectivity index (χ1n) is 10.8. The normalized spacial score (nSPS) is 10.6. The second-order valence-corrected chi connectivity index (χ2v) is 7.78. The summed E-state index contributed by atoms with van der Waals surface area (Å²) in [5, 5.41) is 6.05. The Kier molecular flexibility index (Phi) is 8.78. The Morgan fingerprint density at radius 1 is 0.906 bits per heavy atom. The van der Waals surface area contributed by atoms with Crippen molar-refractivity contribution in [3.8, 4) is 5.75 Å². The lowest BCUT2D eigenvalue weighted by Gasteiger charge is -2.18. The minimum Gasteiger partial charge on any atom is -0.489 e. The zero-order valence-electron chi connectivity index (χ0n) is 18.5. The number of nitrogens with zero attached hydrogens (tertiary/aromatic N) is 1. The van der Waals surface area contributed by atoms with Crippen molar-refractivity contribution in [2.75, 3.05) is 18.4 Å². The Labute approximate surface area is 195 Å². The molecule has 0 aromatic heterocycles. The summed E-state index contributed by atoms with van der Waals surface area (Å²) in [6.07, 6.45) is 0. The molecule has 0 spiro atoms. The van der Waals surface area contributed by atoms with Crippen LogP contribution >= 0.6 is 12.2 Å². The van der Waals surface area contributed by atoms with Crippen molar-refractivity contribution in [2.45, 2.75) is 27.0 Å². The molecular formula is C26H29N3O2S. The first-order chi connectivity index (χ1) is 15.6. The molecule has 3 rings (SSSR count). The van der Waals surface area contributed by atoms with E-state index in [0.29, 0.717) is 17.9 Å². The average Bonchev–Trinajstić information content (AvgIpc) is 2.83. The van der Waals surface area contributed by atoms with Crippen LogP contribution in [0.1, 0.15) is 35.3 Å². The molecule has 2 N–H and O–H groups in total. The van der Waals surface area contributed by atoms with Crippen molar-refractivity contribution in [1.29, 1.82) is 0 Å². The maximum atomic E-state index is 12.6. The van der Waals surface area contributed by atoms with E-state index in [1.165, 1.54) is 5.56 Å². The quantitative estimate of drug-likeness (QED) is 0.440. The third-order valence-electron chi connectivity index (χ3n) is 5.08. The molecule has 32 heavy (non-hydrogen) atoms. The van der Waals surface area contributed by atoms with Crippen molar-refractivity contribution in [3.05, 3.63) is 95.6 Å². The molecule has 0 unspecified atom stereocenters. The van der Waals surface area contributed by atoms with Gasteiger partial charge in [-0.3, -0.25) is 15.0 Å². The van der Waals surface area contributed by atoms with Gasteiger partial charge in [0.2, 0.25) is 0 Å². The second-order valence-electron chi connectivity index (χ2n) is 7.37. The van der Waals surface area contributed by atoms with Crippen molar-refractivity contribution in [3.63, 3.8) is 0 Å². The maximum Gasteiger partial charge on any atom is 0.257 e. The molecular weight excluding hydrogens is 418 g/mol. The van der Waals surface area contributed by atoms with Gasteiger partial charge in [-0.15, -0.1) is 0 Å². The van der Waals surface area contributed by atoms with Crippen LogP contribution in [-0.2, 0) is 13.2 Å². The highest BCUT2D eigenvalue weighted by atomic mass is 32.1. The fourth-order valence-electron chi connectivity index (χ4n) is 3.20. The summed E-state index contributed by atoms with van der Waals surface area (Å²) >= 11 is 5.32. The van der Waals surface area contributed by atoms with E-state index in [-0.39, 0.29) is 11.0 Å². The molecule has 0 aliphatic heterocycles. The third kappa shape index (κ3) is 7.18. The van der Waals surface area contributed by atoms with Gasteiger partial charge in [-0.25, -0.2) is 0 Å². The summed E-state index contributed by atoms with van der Waals surface area (Å²) in [6.45, 7) is 7.71. The standard InChI is InChI=1S/C26H29N3O2S/c1-3-29(4-2)18-20-13-15-23(16-14-20)27-26(32)28-25(30)22-11-8-12-24(17-22)31-19-21-9-6-5-7-10-21/h5-17H,3-4,18-19H2,1-2H3,(H2,27,28,30,32). The van der Waals surface area contributed by atoms with Gasteiger partial charge >= 0.3 is 0 Å². The number of benzene rings is 3. The summed E-state index contributed by atoms with van der Waals surface area (Å²) in [4.78, 5) is 15.0. The molecule has 0 fully saturated rings. The molecule has 0 atom stereocenters. The van der Waals surface area contributed by atoms with Gasteiger partial charge in [0.15, 0.2) is 5.11 Å². The summed E-state index contributed by atoms with van der Waals surface area (Å²) in [5.41, 5.74) is 3.62. The number of amides is 1. The van der Waals surface area contributed by atoms with Crippen LogP contribution in [-0.4, -0.2) is 29.0 Å². The zero-order chi connectivity index (χ0) is 22.8. The molecule has 0 saturated heterocycles. The predicted molar refractivity (Wildman–Crippen MR) is 134 cm³/mol. The van der Waals surface area contributed by atoms with Gasteiger partial charge < -0.3 is 10.1 Å². The van der Waals surface area contributed by atoms with Gasteiger partial charge in [-0.05, 0) is 66.8 Å². The SMILES string of the molecule is CCN(CC)Cc1ccc(NC(=S)NC(=O)c2cccc(OCc3ccccc3)c2)cc1. The van der Waals surface area contributed by atoms with Gasteiger partial charge in [-0.2, -0.15) is 0 Å². The highest BCUT2D eigenvalue weighted by molar-refractivity contribution is 7.80. The lowest BCUT2D eigenvalue weighted by molar-refractivity contribution is 0.0977. The number of anilines is 1. The number of carbonyl (C=O) groups is 1. The monoisotopic (exact) mass is 447 g/mol. The van der Waals surface area contributed by atoms with Gasteiger partial charge in [0.05, 0.1) is 0 Å². The lowest BCUT2D eigenvalue weighted by Crippen LogP contribution is -2.34. The minimum absolute atomic E-state index is 0.252. The van der Waals surface area contributed by atoms with Crippen LogP contribution in [0.5, 0.6) is 5.75 Å². The Morgan fingerprint density at radius 2 is 1.62 bits per heavy atom. The molecule has 3 aromatic rings. The average molecular weight is 448 g/mol. The third-order valence-corrected chi connectivity index (χ3v) is 5.29. The number of carbonyl (C=O) groups excluding carboxylic acids is 1. The number of ether oxygens (including phenoxy) is 1. The lowest BCUT2D eigenvalue weighted by atomic mass is 10.2. The molecule has 3 aromatic carbocycles. The van der Waals surface area contributed by atoms with Gasteiger partial charge in [-0.1, -0.05) is 62.4 Å². The van der Waals surface area contributed by atoms with E-state index in [1.807, 2.05) is 48.5 Å². The van der Waals surface area contributed by atoms with Crippen molar-refractivity contribution < 1.29 is 9.53 Å². The Hall–Kier alpha value is -3.22. The largest absolute Gasteiger partial charge is 0.489 e. The van der Waals surface area contributed by atoms with E-state index >= 15 is 0 Å². The molecule has 6 heteroatoms. The Morgan fingerprint density at radius 3 is 2.31 bits per heavy atom. The van der Waals surface area contributed by atoms with Crippen LogP contribution < -0.4 is 15.4 Å². The summed E-state index contributed by atoms with van der Waals surface area (Å²) in [6, 6.07) is 25.0. The molecule has 0 saturated carbocycles. The Balaban J connectivity index is 1.52. The molecule has 0 radical (unpaired) electrons. The molecule has 1 amide bonds. The minimum atomic E-state index is -0.286. The van der Waals surface area contributed by atoms with E-state index in [2.05, 4.69) is 41.5 Å². The van der Waals surface area contributed by atoms with Crippen LogP contribution in [0.15, 0.2) is 78.9 Å². The van der Waals surface area contributed by atoms with E-state index in [9.17, 15) is 4.79 Å². The molecule has 0 heterocycles. The molecule has 0 aliphatic rings. The smallest absolute Gasteiger partial charge is 0.257 e. The van der Waals surface area contributed by atoms with E-state index < -0.39 is 0 Å². The van der Waals surface area contributed by atoms with E-state index in [4.69, 9.17) is 17.0 Å². The van der Waals surface area contributed by atoms with E-state index in [0.717, 1.165) is 30.9 Å². The summed E-state index contributed by atoms with van der Waals surface area (Å²) in [7, 11) is 0. The van der Waals surface area contributed by atoms with Gasteiger partial charge in [0.25, 0.3) is 5.91 Å². The van der Waals surface area contributed by atoms with E-state index in [1.54, 1.807) is 18.2 Å². The zero-order valence-corrected chi connectivity index (χ0v) is 19.3. The van der Waals surface area contributed by atoms with Crippen molar-refractivity contribution in [2.24, 2.45) is 0 Å². The second kappa shape index (κ2) is 12.0. The topological polar surface area (TPSA) is 53.6 Å². The molecule has 5 nitrogen and oxygen atoms in total. The Bertz CT molecular complexity index is 1020. The fourth-order valence-corrected chi connectivity index (χ4v) is 3.42. The van der Waals surface area contributed by atoms with Crippen molar-refractivity contribution >= 4 is 28.9 Å². The highest BCUT2D eigenvalue weighted by Gasteiger charge is 2.10.